The molecule has 0 unspecified atom stereocenters. The van der Waals surface area contributed by atoms with Crippen LogP contribution in [0.25, 0.3) is 11.3 Å². The Kier molecular flexibility index (Phi) is 5.73. The zero-order valence-electron chi connectivity index (χ0n) is 13.7. The Balaban J connectivity index is 1.82. The Bertz CT molecular complexity index is 919. The average Bonchev–Trinajstić information content (AvgIpc) is 2.66. The molecule has 2 aromatic heterocycles. The predicted octanol–water partition coefficient (Wildman–Crippen LogP) is 2.66. The summed E-state index contributed by atoms with van der Waals surface area (Å²) < 4.78 is 0. The summed E-state index contributed by atoms with van der Waals surface area (Å²) in [6.45, 7) is 0.0435. The van der Waals surface area contributed by atoms with Crippen LogP contribution >= 0.6 is 11.6 Å². The number of aliphatic hydroxyl groups is 1. The number of nitrogens with one attached hydrogen (secondary N) is 2. The van der Waals surface area contributed by atoms with E-state index in [-0.39, 0.29) is 24.8 Å². The number of hydrogen-bond acceptors (Lipinski definition) is 6. The molecular weight excluding hydrogens is 354 g/mol. The van der Waals surface area contributed by atoms with E-state index in [1.54, 1.807) is 36.5 Å². The molecule has 0 aliphatic heterocycles. The van der Waals surface area contributed by atoms with Gasteiger partial charge in [0.1, 0.15) is 5.69 Å². The number of anilines is 2. The predicted molar refractivity (Wildman–Crippen MR) is 99.4 cm³/mol. The smallest absolute Gasteiger partial charge is 0.269 e. The summed E-state index contributed by atoms with van der Waals surface area (Å²) >= 11 is 5.98. The van der Waals surface area contributed by atoms with E-state index in [4.69, 9.17) is 16.7 Å². The molecule has 0 fully saturated rings. The highest BCUT2D eigenvalue weighted by Crippen LogP contribution is 2.21. The minimum atomic E-state index is -0.354. The molecule has 3 rings (SSSR count). The third-order valence-corrected chi connectivity index (χ3v) is 3.66. The molecule has 0 radical (unpaired) electrons. The van der Waals surface area contributed by atoms with Crippen LogP contribution in [0.2, 0.25) is 5.02 Å². The van der Waals surface area contributed by atoms with Gasteiger partial charge < -0.3 is 15.7 Å². The van der Waals surface area contributed by atoms with Crippen LogP contribution in [0.3, 0.4) is 0 Å². The molecule has 0 bridgehead atoms. The van der Waals surface area contributed by atoms with Gasteiger partial charge in [-0.3, -0.25) is 9.78 Å². The topological polar surface area (TPSA) is 100 Å². The maximum atomic E-state index is 12.0. The lowest BCUT2D eigenvalue weighted by Crippen LogP contribution is -2.27. The van der Waals surface area contributed by atoms with Gasteiger partial charge in [-0.05, 0) is 36.4 Å². The average molecular weight is 370 g/mol. The monoisotopic (exact) mass is 369 g/mol. The minimum absolute atomic E-state index is 0.129. The Hall–Kier alpha value is -3.03. The van der Waals surface area contributed by atoms with Crippen LogP contribution in [-0.4, -0.2) is 39.1 Å². The minimum Gasteiger partial charge on any atom is -0.395 e. The van der Waals surface area contributed by atoms with E-state index in [2.05, 4.69) is 25.6 Å². The zero-order chi connectivity index (χ0) is 18.4. The van der Waals surface area contributed by atoms with E-state index in [1.165, 1.54) is 6.20 Å². The Morgan fingerprint density at radius 2 is 1.96 bits per heavy atom. The van der Waals surface area contributed by atoms with Crippen molar-refractivity contribution >= 4 is 29.1 Å². The Morgan fingerprint density at radius 1 is 1.12 bits per heavy atom. The first-order valence-corrected chi connectivity index (χ1v) is 8.24. The van der Waals surface area contributed by atoms with E-state index in [1.807, 2.05) is 12.1 Å². The molecule has 26 heavy (non-hydrogen) atoms. The lowest BCUT2D eigenvalue weighted by atomic mass is 10.1. The molecule has 0 aliphatic rings. The first-order chi connectivity index (χ1) is 12.7. The van der Waals surface area contributed by atoms with Crippen LogP contribution in [0.5, 0.6) is 0 Å². The van der Waals surface area contributed by atoms with Crippen molar-refractivity contribution in [2.24, 2.45) is 0 Å². The van der Waals surface area contributed by atoms with E-state index in [0.29, 0.717) is 16.7 Å². The molecular formula is C18H16ClN5O2. The molecule has 1 aromatic carbocycles. The Labute approximate surface area is 155 Å². The van der Waals surface area contributed by atoms with Gasteiger partial charge in [-0.25, -0.2) is 9.97 Å². The van der Waals surface area contributed by atoms with Gasteiger partial charge in [0.05, 0.1) is 12.3 Å². The highest BCUT2D eigenvalue weighted by Gasteiger charge is 2.09. The number of carbonyl (C=O) groups is 1. The van der Waals surface area contributed by atoms with Crippen molar-refractivity contribution in [2.45, 2.75) is 0 Å². The lowest BCUT2D eigenvalue weighted by molar-refractivity contribution is 0.0940. The van der Waals surface area contributed by atoms with Crippen LogP contribution in [0, 0.1) is 0 Å². The molecule has 2 heterocycles. The van der Waals surface area contributed by atoms with Crippen LogP contribution in [0.1, 0.15) is 10.5 Å². The number of rotatable bonds is 6. The van der Waals surface area contributed by atoms with Gasteiger partial charge in [0, 0.05) is 35.2 Å². The van der Waals surface area contributed by atoms with E-state index in [0.717, 1.165) is 11.3 Å². The second-order valence-electron chi connectivity index (χ2n) is 5.31. The molecule has 0 saturated carbocycles. The van der Waals surface area contributed by atoms with Gasteiger partial charge in [0.2, 0.25) is 5.95 Å². The van der Waals surface area contributed by atoms with Crippen LogP contribution in [0.15, 0.2) is 54.9 Å². The van der Waals surface area contributed by atoms with Crippen LogP contribution in [-0.2, 0) is 0 Å². The fourth-order valence-electron chi connectivity index (χ4n) is 2.25. The highest BCUT2D eigenvalue weighted by atomic mass is 35.5. The van der Waals surface area contributed by atoms with E-state index < -0.39 is 0 Å². The number of hydrogen-bond donors (Lipinski definition) is 3. The second-order valence-corrected chi connectivity index (χ2v) is 5.75. The van der Waals surface area contributed by atoms with Gasteiger partial charge in [-0.1, -0.05) is 17.7 Å². The van der Waals surface area contributed by atoms with Gasteiger partial charge in [-0.2, -0.15) is 0 Å². The standard InChI is InChI=1S/C18H16ClN5O2/c19-13-2-1-3-14(11-13)23-18-22-7-5-15(24-18)12-4-6-20-16(10-12)17(26)21-8-9-25/h1-7,10-11,25H,8-9H2,(H,21,26)(H,22,23,24). The largest absolute Gasteiger partial charge is 0.395 e. The first-order valence-electron chi connectivity index (χ1n) is 7.87. The normalized spacial score (nSPS) is 10.4. The summed E-state index contributed by atoms with van der Waals surface area (Å²) in [4.78, 5) is 24.7. The molecule has 8 heteroatoms. The molecule has 1 amide bonds. The highest BCUT2D eigenvalue weighted by molar-refractivity contribution is 6.30. The number of pyridine rings is 1. The molecule has 0 aliphatic carbocycles. The third-order valence-electron chi connectivity index (χ3n) is 3.42. The Morgan fingerprint density at radius 3 is 2.77 bits per heavy atom. The summed E-state index contributed by atoms with van der Waals surface area (Å²) in [7, 11) is 0. The van der Waals surface area contributed by atoms with Gasteiger partial charge >= 0.3 is 0 Å². The van der Waals surface area contributed by atoms with Crippen molar-refractivity contribution in [1.29, 1.82) is 0 Å². The maximum absolute atomic E-state index is 12.0. The zero-order valence-corrected chi connectivity index (χ0v) is 14.4. The van der Waals surface area contributed by atoms with Crippen molar-refractivity contribution in [3.8, 4) is 11.3 Å². The molecule has 132 valence electrons. The lowest BCUT2D eigenvalue weighted by Gasteiger charge is -2.08. The fourth-order valence-corrected chi connectivity index (χ4v) is 2.44. The first kappa shape index (κ1) is 17.8. The summed E-state index contributed by atoms with van der Waals surface area (Å²) in [5.41, 5.74) is 2.39. The van der Waals surface area contributed by atoms with E-state index in [9.17, 15) is 4.79 Å². The SMILES string of the molecule is O=C(NCCO)c1cc(-c2ccnc(Nc3cccc(Cl)c3)n2)ccn1. The number of carbonyl (C=O) groups excluding carboxylic acids is 1. The number of nitrogens with zero attached hydrogens (tertiary/aromatic N) is 3. The molecule has 7 nitrogen and oxygen atoms in total. The van der Waals surface area contributed by atoms with Crippen molar-refractivity contribution in [2.75, 3.05) is 18.5 Å². The number of benzene rings is 1. The number of aliphatic hydroxyl groups excluding tert-OH is 1. The molecule has 0 saturated heterocycles. The fraction of sp³-hybridized carbons (Fsp3) is 0.111. The molecule has 0 atom stereocenters. The number of halogens is 1. The van der Waals surface area contributed by atoms with Crippen LogP contribution < -0.4 is 10.6 Å². The molecule has 0 spiro atoms. The van der Waals surface area contributed by atoms with Gasteiger partial charge in [-0.15, -0.1) is 0 Å². The van der Waals surface area contributed by atoms with Crippen molar-refractivity contribution in [3.05, 3.63) is 65.6 Å². The van der Waals surface area contributed by atoms with Crippen molar-refractivity contribution < 1.29 is 9.90 Å². The molecule has 3 aromatic rings. The molecule has 3 N–H and O–H groups in total. The third kappa shape index (κ3) is 4.53. The van der Waals surface area contributed by atoms with Crippen LogP contribution in [0.4, 0.5) is 11.6 Å². The summed E-state index contributed by atoms with van der Waals surface area (Å²) in [5, 5.41) is 15.1. The van der Waals surface area contributed by atoms with Gasteiger partial charge in [0.15, 0.2) is 0 Å². The van der Waals surface area contributed by atoms with E-state index >= 15 is 0 Å². The summed E-state index contributed by atoms with van der Waals surface area (Å²) in [5.74, 6) is 0.0556. The summed E-state index contributed by atoms with van der Waals surface area (Å²) in [6, 6.07) is 12.4. The number of aromatic nitrogens is 3. The van der Waals surface area contributed by atoms with Gasteiger partial charge in [0.25, 0.3) is 5.91 Å². The number of amides is 1. The maximum Gasteiger partial charge on any atom is 0.269 e. The van der Waals surface area contributed by atoms with Crippen molar-refractivity contribution in [3.63, 3.8) is 0 Å². The summed E-state index contributed by atoms with van der Waals surface area (Å²) in [6.07, 6.45) is 3.16. The second kappa shape index (κ2) is 8.37. The quantitative estimate of drug-likeness (QED) is 0.617. The van der Waals surface area contributed by atoms with Crippen molar-refractivity contribution in [1.82, 2.24) is 20.3 Å².